The van der Waals surface area contributed by atoms with Gasteiger partial charge in [0.05, 0.1) is 5.41 Å². The van der Waals surface area contributed by atoms with Gasteiger partial charge >= 0.3 is 5.97 Å². The Labute approximate surface area is 92.7 Å². The van der Waals surface area contributed by atoms with Gasteiger partial charge in [-0.3, -0.25) is 4.79 Å². The lowest BCUT2D eigenvalue weighted by Gasteiger charge is -2.23. The van der Waals surface area contributed by atoms with E-state index in [9.17, 15) is 4.79 Å². The van der Waals surface area contributed by atoms with Gasteiger partial charge in [0, 0.05) is 6.92 Å². The van der Waals surface area contributed by atoms with Crippen LogP contribution in [0.15, 0.2) is 17.8 Å². The summed E-state index contributed by atoms with van der Waals surface area (Å²) in [5.41, 5.74) is -0.659. The summed E-state index contributed by atoms with van der Waals surface area (Å²) in [6.07, 6.45) is 2.73. The lowest BCUT2D eigenvalue weighted by Crippen LogP contribution is -2.36. The van der Waals surface area contributed by atoms with Crippen LogP contribution < -0.4 is 0 Å². The van der Waals surface area contributed by atoms with E-state index in [1.165, 1.54) is 24.3 Å². The Bertz CT molecular complexity index is 383. The summed E-state index contributed by atoms with van der Waals surface area (Å²) in [5, 5.41) is 16.0. The molecule has 0 bridgehead atoms. The number of oxime groups is 1. The first-order valence-corrected chi connectivity index (χ1v) is 4.68. The second-order valence-corrected chi connectivity index (χ2v) is 3.93. The molecule has 0 fully saturated rings. The van der Waals surface area contributed by atoms with Crippen LogP contribution in [0.4, 0.5) is 0 Å². The molecule has 0 aliphatic rings. The summed E-state index contributed by atoms with van der Waals surface area (Å²) in [6, 6.07) is 0. The lowest BCUT2D eigenvalue weighted by atomic mass is 9.93. The summed E-state index contributed by atoms with van der Waals surface area (Å²) in [7, 11) is 0. The second kappa shape index (κ2) is 4.73. The van der Waals surface area contributed by atoms with Crippen LogP contribution in [-0.4, -0.2) is 38.4 Å². The Morgan fingerprint density at radius 1 is 1.62 bits per heavy atom. The number of hydrogen-bond donors (Lipinski definition) is 1. The maximum absolute atomic E-state index is 10.7. The average Bonchev–Trinajstić information content (AvgIpc) is 2.69. The van der Waals surface area contributed by atoms with Crippen LogP contribution in [0.1, 0.15) is 20.8 Å². The van der Waals surface area contributed by atoms with E-state index in [1.54, 1.807) is 13.8 Å². The molecule has 7 nitrogen and oxygen atoms in total. The first-order valence-electron chi connectivity index (χ1n) is 4.68. The molecule has 0 atom stereocenters. The van der Waals surface area contributed by atoms with Crippen molar-refractivity contribution in [2.24, 2.45) is 10.6 Å². The summed E-state index contributed by atoms with van der Waals surface area (Å²) < 4.78 is 6.22. The number of hydrogen-bond acceptors (Lipinski definition) is 6. The van der Waals surface area contributed by atoms with Crippen molar-refractivity contribution in [1.82, 2.24) is 14.8 Å². The topological polar surface area (TPSA) is 89.6 Å². The van der Waals surface area contributed by atoms with E-state index < -0.39 is 5.41 Å². The smallest absolute Gasteiger partial charge is 0.302 e. The van der Waals surface area contributed by atoms with Gasteiger partial charge in [0.2, 0.25) is 0 Å². The Kier molecular flexibility index (Phi) is 3.60. The Morgan fingerprint density at radius 2 is 2.31 bits per heavy atom. The number of carbonyl (C=O) groups excluding carboxylic acids is 1. The van der Waals surface area contributed by atoms with E-state index >= 15 is 0 Å². The third-order valence-corrected chi connectivity index (χ3v) is 1.97. The predicted octanol–water partition coefficient (Wildman–Crippen LogP) is 0.503. The highest BCUT2D eigenvalue weighted by Gasteiger charge is 2.29. The van der Waals surface area contributed by atoms with E-state index in [1.807, 2.05) is 0 Å². The van der Waals surface area contributed by atoms with Gasteiger partial charge in [0.15, 0.2) is 5.84 Å². The van der Waals surface area contributed by atoms with Crippen LogP contribution in [0, 0.1) is 5.41 Å². The first-order chi connectivity index (χ1) is 7.47. The van der Waals surface area contributed by atoms with Crippen molar-refractivity contribution in [3.63, 3.8) is 0 Å². The van der Waals surface area contributed by atoms with Gasteiger partial charge in [-0.15, -0.1) is 0 Å². The molecular weight excluding hydrogens is 212 g/mol. The maximum Gasteiger partial charge on any atom is 0.302 e. The van der Waals surface area contributed by atoms with Crippen LogP contribution in [0.5, 0.6) is 0 Å². The third-order valence-electron chi connectivity index (χ3n) is 1.97. The minimum Gasteiger partial charge on any atom is -0.465 e. The monoisotopic (exact) mass is 226 g/mol. The molecule has 1 rings (SSSR count). The van der Waals surface area contributed by atoms with Crippen LogP contribution in [-0.2, 0) is 9.53 Å². The molecule has 1 aromatic heterocycles. The number of esters is 1. The molecule has 0 saturated heterocycles. The van der Waals surface area contributed by atoms with E-state index in [0.717, 1.165) is 0 Å². The van der Waals surface area contributed by atoms with E-state index in [4.69, 9.17) is 9.94 Å². The minimum absolute atomic E-state index is 0.0988. The lowest BCUT2D eigenvalue weighted by molar-refractivity contribution is -0.142. The fourth-order valence-corrected chi connectivity index (χ4v) is 1.16. The number of carbonyl (C=O) groups is 1. The second-order valence-electron chi connectivity index (χ2n) is 3.93. The maximum atomic E-state index is 10.7. The van der Waals surface area contributed by atoms with Gasteiger partial charge in [-0.2, -0.15) is 5.10 Å². The number of nitrogens with zero attached hydrogens (tertiary/aromatic N) is 4. The van der Waals surface area contributed by atoms with Crippen molar-refractivity contribution >= 4 is 11.8 Å². The summed E-state index contributed by atoms with van der Waals surface area (Å²) in [4.78, 5) is 14.5. The van der Waals surface area contributed by atoms with Crippen molar-refractivity contribution in [3.05, 3.63) is 12.7 Å². The molecule has 1 N–H and O–H groups in total. The highest BCUT2D eigenvalue weighted by Crippen LogP contribution is 2.19. The molecule has 0 saturated carbocycles. The van der Waals surface area contributed by atoms with E-state index in [2.05, 4.69) is 15.2 Å². The Hall–Kier alpha value is -1.92. The molecule has 0 radical (unpaired) electrons. The van der Waals surface area contributed by atoms with Crippen molar-refractivity contribution in [3.8, 4) is 0 Å². The highest BCUT2D eigenvalue weighted by molar-refractivity contribution is 5.88. The van der Waals surface area contributed by atoms with Gasteiger partial charge in [-0.1, -0.05) is 5.16 Å². The van der Waals surface area contributed by atoms with Gasteiger partial charge in [-0.05, 0) is 13.8 Å². The van der Waals surface area contributed by atoms with Gasteiger partial charge < -0.3 is 9.94 Å². The van der Waals surface area contributed by atoms with Crippen molar-refractivity contribution in [2.45, 2.75) is 20.8 Å². The average molecular weight is 226 g/mol. The molecule has 16 heavy (non-hydrogen) atoms. The molecule has 0 aliphatic carbocycles. The molecule has 0 aromatic carbocycles. The first kappa shape index (κ1) is 12.2. The number of aromatic nitrogens is 3. The van der Waals surface area contributed by atoms with Crippen LogP contribution in [0.2, 0.25) is 0 Å². The molecule has 1 heterocycles. The molecular formula is C9H14N4O3. The predicted molar refractivity (Wildman–Crippen MR) is 55.1 cm³/mol. The number of ether oxygens (including phenoxy) is 1. The molecule has 0 aliphatic heterocycles. The normalized spacial score (nSPS) is 12.6. The number of rotatable bonds is 3. The van der Waals surface area contributed by atoms with Gasteiger partial charge in [0.25, 0.3) is 0 Å². The Morgan fingerprint density at radius 3 is 2.75 bits per heavy atom. The zero-order valence-corrected chi connectivity index (χ0v) is 9.41. The van der Waals surface area contributed by atoms with Crippen molar-refractivity contribution in [2.75, 3.05) is 6.61 Å². The zero-order chi connectivity index (χ0) is 12.2. The van der Waals surface area contributed by atoms with Gasteiger partial charge in [-0.25, -0.2) is 9.67 Å². The fourth-order valence-electron chi connectivity index (χ4n) is 1.16. The molecule has 88 valence electrons. The standard InChI is InChI=1S/C9H14N4O3/c1-7(14)16-4-9(2,3)8(12-15)13-6-10-5-11-13/h5-6,15H,4H2,1-3H3. The third kappa shape index (κ3) is 2.78. The van der Waals surface area contributed by atoms with Crippen molar-refractivity contribution < 1.29 is 14.7 Å². The fraction of sp³-hybridized carbons (Fsp3) is 0.556. The minimum atomic E-state index is -0.659. The van der Waals surface area contributed by atoms with Crippen LogP contribution in [0.3, 0.4) is 0 Å². The van der Waals surface area contributed by atoms with Crippen molar-refractivity contribution in [1.29, 1.82) is 0 Å². The molecule has 0 unspecified atom stereocenters. The van der Waals surface area contributed by atoms with Crippen LogP contribution >= 0.6 is 0 Å². The Balaban J connectivity index is 2.84. The van der Waals surface area contributed by atoms with E-state index in [0.29, 0.717) is 0 Å². The summed E-state index contributed by atoms with van der Waals surface area (Å²) in [6.45, 7) is 4.96. The van der Waals surface area contributed by atoms with E-state index in [-0.39, 0.29) is 18.4 Å². The largest absolute Gasteiger partial charge is 0.465 e. The summed E-state index contributed by atoms with van der Waals surface area (Å²) >= 11 is 0. The molecule has 1 aromatic rings. The van der Waals surface area contributed by atoms with Crippen LogP contribution in [0.25, 0.3) is 0 Å². The molecule has 7 heteroatoms. The van der Waals surface area contributed by atoms with Gasteiger partial charge in [0.1, 0.15) is 19.3 Å². The highest BCUT2D eigenvalue weighted by atomic mass is 16.5. The summed E-state index contributed by atoms with van der Waals surface area (Å²) in [5.74, 6) is -0.129. The SMILES string of the molecule is CC(=O)OCC(C)(C)C(=NO)n1cncn1. The molecule has 0 amide bonds. The molecule has 0 spiro atoms. The quantitative estimate of drug-likeness (QED) is 0.266. The zero-order valence-electron chi connectivity index (χ0n) is 9.41.